The normalized spacial score (nSPS) is 8.53. The Labute approximate surface area is 95.2 Å². The highest BCUT2D eigenvalue weighted by molar-refractivity contribution is 6.66. The molecule has 0 aliphatic carbocycles. The first-order chi connectivity index (χ1) is 6.93. The molecule has 0 fully saturated rings. The number of likely N-dealkylation sites (N-methyl/N-ethyl adjacent to an activating group) is 1. The summed E-state index contributed by atoms with van der Waals surface area (Å²) in [6.07, 6.45) is 2.21. The van der Waals surface area contributed by atoms with Crippen molar-refractivity contribution < 1.29 is 14.3 Å². The van der Waals surface area contributed by atoms with Gasteiger partial charge < -0.3 is 9.64 Å². The number of hydrogen-bond acceptors (Lipinski definition) is 4. The quantitative estimate of drug-likeness (QED) is 0.407. The fourth-order valence-corrected chi connectivity index (χ4v) is 0.388. The van der Waals surface area contributed by atoms with Crippen LogP contribution in [0, 0.1) is 0 Å². The van der Waals surface area contributed by atoms with Crippen molar-refractivity contribution in [2.45, 2.75) is 0 Å². The van der Waals surface area contributed by atoms with Crippen molar-refractivity contribution in [2.75, 3.05) is 27.2 Å². The highest BCUT2D eigenvalue weighted by Gasteiger charge is 1.94. The third kappa shape index (κ3) is 19.3. The molecule has 0 saturated heterocycles. The average molecular weight is 234 g/mol. The van der Waals surface area contributed by atoms with Crippen molar-refractivity contribution in [1.29, 1.82) is 0 Å². The van der Waals surface area contributed by atoms with Crippen molar-refractivity contribution >= 4 is 22.8 Å². The summed E-state index contributed by atoms with van der Waals surface area (Å²) in [7, 11) is 3.84. The van der Waals surface area contributed by atoms with E-state index in [1.54, 1.807) is 0 Å². The molecule has 0 spiro atoms. The molecule has 86 valence electrons. The van der Waals surface area contributed by atoms with Gasteiger partial charge in [-0.05, 0) is 31.8 Å². The molecule has 5 heteroatoms. The number of halogens is 1. The third-order valence-corrected chi connectivity index (χ3v) is 1.26. The maximum absolute atomic E-state index is 10.4. The van der Waals surface area contributed by atoms with Crippen LogP contribution in [0.25, 0.3) is 0 Å². The van der Waals surface area contributed by atoms with Gasteiger partial charge in [0, 0.05) is 12.6 Å². The number of nitrogens with zero attached hydrogens (tertiary/aromatic N) is 1. The summed E-state index contributed by atoms with van der Waals surface area (Å²) in [4.78, 5) is 21.8. The fourth-order valence-electron chi connectivity index (χ4n) is 0.388. The van der Waals surface area contributed by atoms with E-state index in [-0.39, 0.29) is 5.97 Å². The van der Waals surface area contributed by atoms with E-state index in [2.05, 4.69) is 13.2 Å². The minimum atomic E-state index is -0.509. The van der Waals surface area contributed by atoms with Gasteiger partial charge in [0.25, 0.3) is 0 Å². The number of carbonyl (C=O) groups is 2. The summed E-state index contributed by atoms with van der Waals surface area (Å²) >= 11 is 4.71. The zero-order valence-corrected chi connectivity index (χ0v) is 9.79. The maximum Gasteiger partial charge on any atom is 0.330 e. The van der Waals surface area contributed by atoms with E-state index in [1.165, 1.54) is 0 Å². The average Bonchev–Trinajstić information content (AvgIpc) is 2.17. The molecule has 4 nitrogen and oxygen atoms in total. The first-order valence-electron chi connectivity index (χ1n) is 4.19. The number of esters is 1. The van der Waals surface area contributed by atoms with Crippen LogP contribution in [0.1, 0.15) is 0 Å². The van der Waals surface area contributed by atoms with Gasteiger partial charge in [-0.3, -0.25) is 4.79 Å². The van der Waals surface area contributed by atoms with Gasteiger partial charge >= 0.3 is 5.97 Å². The van der Waals surface area contributed by atoms with Gasteiger partial charge in [-0.15, -0.1) is 0 Å². The van der Waals surface area contributed by atoms with E-state index in [4.69, 9.17) is 16.3 Å². The second-order valence-corrected chi connectivity index (χ2v) is 3.06. The van der Waals surface area contributed by atoms with Gasteiger partial charge in [-0.2, -0.15) is 0 Å². The lowest BCUT2D eigenvalue weighted by Crippen LogP contribution is -2.19. The largest absolute Gasteiger partial charge is 0.461 e. The molecule has 0 aliphatic heterocycles. The molecule has 0 aromatic heterocycles. The number of rotatable bonds is 5. The second kappa shape index (κ2) is 10.9. The molecular weight excluding hydrogens is 218 g/mol. The molecule has 0 rings (SSSR count). The summed E-state index contributed by atoms with van der Waals surface area (Å²) in [5.74, 6) is -0.359. The van der Waals surface area contributed by atoms with Gasteiger partial charge in [-0.1, -0.05) is 13.2 Å². The highest BCUT2D eigenvalue weighted by atomic mass is 35.5. The topological polar surface area (TPSA) is 46.6 Å². The van der Waals surface area contributed by atoms with Gasteiger partial charge in [0.1, 0.15) is 6.61 Å². The predicted octanol–water partition coefficient (Wildman–Crippen LogP) is 1.22. The van der Waals surface area contributed by atoms with E-state index >= 15 is 0 Å². The second-order valence-electron chi connectivity index (χ2n) is 2.68. The van der Waals surface area contributed by atoms with Crippen LogP contribution in [0.15, 0.2) is 25.3 Å². The smallest absolute Gasteiger partial charge is 0.330 e. The summed E-state index contributed by atoms with van der Waals surface area (Å²) in [6, 6.07) is 0. The Bertz CT molecular complexity index is 227. The first-order valence-corrected chi connectivity index (χ1v) is 4.57. The van der Waals surface area contributed by atoms with Crippen LogP contribution >= 0.6 is 11.6 Å². The van der Waals surface area contributed by atoms with Crippen molar-refractivity contribution in [3.8, 4) is 0 Å². The van der Waals surface area contributed by atoms with Gasteiger partial charge in [0.2, 0.25) is 5.24 Å². The lowest BCUT2D eigenvalue weighted by atomic mass is 10.6. The lowest BCUT2D eigenvalue weighted by Gasteiger charge is -2.07. The van der Waals surface area contributed by atoms with Crippen LogP contribution in [-0.2, 0) is 14.3 Å². The molecule has 0 bridgehead atoms. The van der Waals surface area contributed by atoms with E-state index in [1.807, 2.05) is 19.0 Å². The first kappa shape index (κ1) is 16.3. The lowest BCUT2D eigenvalue weighted by molar-refractivity contribution is -0.138. The molecule has 0 atom stereocenters. The van der Waals surface area contributed by atoms with Gasteiger partial charge in [-0.25, -0.2) is 4.79 Å². The number of allylic oxidation sites excluding steroid dienone is 1. The Kier molecular flexibility index (Phi) is 11.9. The molecule has 0 heterocycles. The molecule has 15 heavy (non-hydrogen) atoms. The number of hydrogen-bond donors (Lipinski definition) is 0. The Morgan fingerprint density at radius 1 is 1.33 bits per heavy atom. The Morgan fingerprint density at radius 3 is 2.07 bits per heavy atom. The number of carbonyl (C=O) groups excluding carboxylic acids is 2. The molecule has 0 aromatic rings. The summed E-state index contributed by atoms with van der Waals surface area (Å²) in [5, 5.41) is -0.509. The Morgan fingerprint density at radius 2 is 1.80 bits per heavy atom. The monoisotopic (exact) mass is 233 g/mol. The van der Waals surface area contributed by atoms with Crippen molar-refractivity contribution in [2.24, 2.45) is 0 Å². The van der Waals surface area contributed by atoms with E-state index in [0.29, 0.717) is 6.61 Å². The molecule has 0 amide bonds. The molecule has 0 aromatic carbocycles. The van der Waals surface area contributed by atoms with Crippen molar-refractivity contribution in [3.05, 3.63) is 25.3 Å². The van der Waals surface area contributed by atoms with Crippen molar-refractivity contribution in [1.82, 2.24) is 4.90 Å². The molecule has 0 aliphatic rings. The molecular formula is C10H16ClNO3. The third-order valence-electron chi connectivity index (χ3n) is 1.11. The summed E-state index contributed by atoms with van der Waals surface area (Å²) < 4.78 is 4.70. The Balaban J connectivity index is 0. The van der Waals surface area contributed by atoms with Gasteiger partial charge in [0.15, 0.2) is 0 Å². The van der Waals surface area contributed by atoms with E-state index in [9.17, 15) is 9.59 Å². The molecule has 0 unspecified atom stereocenters. The standard InChI is InChI=1S/C7H13NO2.C3H3ClO/c1-4-7(9)10-6-5-8(2)3;1-2-3(4)5/h4H,1,5-6H2,2-3H3;2H,1H2. The number of ether oxygens (including phenoxy) is 1. The van der Waals surface area contributed by atoms with Crippen LogP contribution in [0.5, 0.6) is 0 Å². The minimum Gasteiger partial charge on any atom is -0.461 e. The van der Waals surface area contributed by atoms with Crippen LogP contribution in [-0.4, -0.2) is 43.4 Å². The molecule has 0 saturated carbocycles. The minimum absolute atomic E-state index is 0.359. The molecule has 0 N–H and O–H groups in total. The van der Waals surface area contributed by atoms with Crippen LogP contribution in [0.3, 0.4) is 0 Å². The zero-order valence-electron chi connectivity index (χ0n) is 9.03. The highest BCUT2D eigenvalue weighted by Crippen LogP contribution is 1.80. The maximum atomic E-state index is 10.4. The van der Waals surface area contributed by atoms with Crippen LogP contribution in [0.2, 0.25) is 0 Å². The van der Waals surface area contributed by atoms with Gasteiger partial charge in [0.05, 0.1) is 0 Å². The van der Waals surface area contributed by atoms with Crippen molar-refractivity contribution in [3.63, 3.8) is 0 Å². The van der Waals surface area contributed by atoms with Crippen LogP contribution < -0.4 is 0 Å². The van der Waals surface area contributed by atoms with Crippen LogP contribution in [0.4, 0.5) is 0 Å². The van der Waals surface area contributed by atoms with E-state index in [0.717, 1.165) is 18.7 Å². The SMILES string of the molecule is C=CC(=O)Cl.C=CC(=O)OCCN(C)C. The zero-order chi connectivity index (χ0) is 12.3. The van der Waals surface area contributed by atoms with E-state index < -0.39 is 5.24 Å². The Hall–Kier alpha value is -1.13. The predicted molar refractivity (Wildman–Crippen MR) is 60.8 cm³/mol. The fraction of sp³-hybridized carbons (Fsp3) is 0.400. The summed E-state index contributed by atoms with van der Waals surface area (Å²) in [5.41, 5.74) is 0. The summed E-state index contributed by atoms with van der Waals surface area (Å²) in [6.45, 7) is 7.53. The molecule has 0 radical (unpaired) electrons.